The third-order valence-corrected chi connectivity index (χ3v) is 8.59. The predicted molar refractivity (Wildman–Crippen MR) is 182 cm³/mol. The van der Waals surface area contributed by atoms with E-state index in [1.54, 1.807) is 17.0 Å². The van der Waals surface area contributed by atoms with Gasteiger partial charge in [-0.25, -0.2) is 9.18 Å². The Balaban J connectivity index is 1.25. The van der Waals surface area contributed by atoms with Crippen LogP contribution in [0, 0.1) is 5.82 Å². The molecular weight excluding hydrogens is 615 g/mol. The summed E-state index contributed by atoms with van der Waals surface area (Å²) in [6, 6.07) is 19.2. The Morgan fingerprint density at radius 3 is 2.42 bits per heavy atom. The second-order valence-electron chi connectivity index (χ2n) is 12.4. The third-order valence-electron chi connectivity index (χ3n) is 8.59. The predicted octanol–water partition coefficient (Wildman–Crippen LogP) is 5.10. The van der Waals surface area contributed by atoms with Gasteiger partial charge in [-0.1, -0.05) is 54.6 Å². The Hall–Kier alpha value is -4.68. The van der Waals surface area contributed by atoms with Crippen LogP contribution in [0.25, 0.3) is 10.8 Å². The molecular formula is C36H43FN6O5. The van der Waals surface area contributed by atoms with Gasteiger partial charge in [0.05, 0.1) is 12.2 Å². The van der Waals surface area contributed by atoms with Gasteiger partial charge in [0.2, 0.25) is 0 Å². The molecule has 3 aromatic carbocycles. The maximum atomic E-state index is 15.4. The topological polar surface area (TPSA) is 92.7 Å². The molecule has 1 saturated heterocycles. The van der Waals surface area contributed by atoms with Crippen LogP contribution in [0.5, 0.6) is 11.8 Å². The van der Waals surface area contributed by atoms with Crippen molar-refractivity contribution in [1.29, 1.82) is 0 Å². The smallest absolute Gasteiger partial charge is 0.410 e. The van der Waals surface area contributed by atoms with Crippen molar-refractivity contribution in [2.45, 2.75) is 32.6 Å². The van der Waals surface area contributed by atoms with Gasteiger partial charge in [0.1, 0.15) is 18.5 Å². The molecule has 2 aliphatic rings. The van der Waals surface area contributed by atoms with E-state index in [2.05, 4.69) is 14.7 Å². The summed E-state index contributed by atoms with van der Waals surface area (Å²) in [5.74, 6) is 0.556. The molecule has 48 heavy (non-hydrogen) atoms. The van der Waals surface area contributed by atoms with Crippen molar-refractivity contribution in [3.05, 3.63) is 83.3 Å². The first-order chi connectivity index (χ1) is 23.3. The first kappa shape index (κ1) is 33.2. The van der Waals surface area contributed by atoms with Crippen molar-refractivity contribution >= 4 is 28.4 Å². The number of piperazine rings is 1. The molecule has 1 fully saturated rings. The zero-order chi connectivity index (χ0) is 33.6. The number of aromatic nitrogens is 2. The highest BCUT2D eigenvalue weighted by molar-refractivity contribution is 5.96. The molecule has 0 aliphatic carbocycles. The molecule has 2 aliphatic heterocycles. The molecule has 3 heterocycles. The largest absolute Gasteiger partial charge is 0.464 e. The molecule has 11 nitrogen and oxygen atoms in total. The van der Waals surface area contributed by atoms with Gasteiger partial charge < -0.3 is 38.5 Å². The minimum atomic E-state index is -0.415. The number of ether oxygens (including phenoxy) is 4. The lowest BCUT2D eigenvalue weighted by molar-refractivity contribution is 0.0485. The molecule has 1 aromatic heterocycles. The molecule has 0 bridgehead atoms. The zero-order valence-electron chi connectivity index (χ0n) is 28.0. The summed E-state index contributed by atoms with van der Waals surface area (Å²) >= 11 is 0. The summed E-state index contributed by atoms with van der Waals surface area (Å²) in [5.41, 5.74) is 3.72. The Morgan fingerprint density at radius 2 is 1.69 bits per heavy atom. The van der Waals surface area contributed by atoms with E-state index in [0.29, 0.717) is 63.6 Å². The Labute approximate surface area is 280 Å². The van der Waals surface area contributed by atoms with E-state index < -0.39 is 5.82 Å². The summed E-state index contributed by atoms with van der Waals surface area (Å²) in [4.78, 5) is 31.0. The van der Waals surface area contributed by atoms with Gasteiger partial charge >= 0.3 is 12.1 Å². The van der Waals surface area contributed by atoms with Crippen LogP contribution in [-0.2, 0) is 29.0 Å². The normalized spacial score (nSPS) is 15.4. The number of benzene rings is 3. The van der Waals surface area contributed by atoms with Crippen molar-refractivity contribution in [2.24, 2.45) is 0 Å². The van der Waals surface area contributed by atoms with Gasteiger partial charge in [0, 0.05) is 74.5 Å². The first-order valence-corrected chi connectivity index (χ1v) is 16.3. The van der Waals surface area contributed by atoms with Crippen LogP contribution in [0.15, 0.2) is 60.7 Å². The number of nitrogens with zero attached hydrogens (tertiary/aromatic N) is 6. The average molecular weight is 659 g/mol. The fourth-order valence-electron chi connectivity index (χ4n) is 6.34. The van der Waals surface area contributed by atoms with E-state index in [1.165, 1.54) is 7.11 Å². The molecule has 0 saturated carbocycles. The second-order valence-corrected chi connectivity index (χ2v) is 12.4. The monoisotopic (exact) mass is 658 g/mol. The number of halogens is 1. The standard InChI is InChI=1S/C36H43FN6O5/c1-25(21-40(2)3)48-35-38-30-22-43(31-20-32(47-24-45-4)33(37)28-13-9-8-12-27(28)31)15-14-29(30)34(39-35)41-16-18-42(19-17-41)36(44)46-23-26-10-6-5-7-11-26/h5-13,20,25H,14-19,21-24H2,1-4H3/t25-/m1/s1. The highest BCUT2D eigenvalue weighted by Gasteiger charge is 2.30. The van der Waals surface area contributed by atoms with Crippen LogP contribution in [0.1, 0.15) is 23.7 Å². The Bertz CT molecular complexity index is 1720. The molecule has 0 spiro atoms. The van der Waals surface area contributed by atoms with Gasteiger partial charge in [0.25, 0.3) is 0 Å². The fraction of sp³-hybridized carbons (Fsp3) is 0.417. The highest BCUT2D eigenvalue weighted by atomic mass is 19.1. The number of anilines is 2. The van der Waals surface area contributed by atoms with E-state index in [1.807, 2.05) is 69.6 Å². The number of hydrogen-bond donors (Lipinski definition) is 0. The van der Waals surface area contributed by atoms with Gasteiger partial charge in [-0.05, 0) is 33.0 Å². The van der Waals surface area contributed by atoms with E-state index in [-0.39, 0.29) is 31.3 Å². The zero-order valence-corrected chi connectivity index (χ0v) is 28.0. The number of amides is 1. The highest BCUT2D eigenvalue weighted by Crippen LogP contribution is 2.38. The van der Waals surface area contributed by atoms with Crippen molar-refractivity contribution < 1.29 is 28.1 Å². The Morgan fingerprint density at radius 1 is 0.958 bits per heavy atom. The summed E-state index contributed by atoms with van der Waals surface area (Å²) in [6.07, 6.45) is 0.224. The third kappa shape index (κ3) is 7.55. The van der Waals surface area contributed by atoms with Crippen LogP contribution in [-0.4, -0.2) is 99.2 Å². The number of rotatable bonds is 11. The molecule has 0 radical (unpaired) electrons. The van der Waals surface area contributed by atoms with Crippen molar-refractivity contribution in [2.75, 3.05) is 77.1 Å². The van der Waals surface area contributed by atoms with Crippen molar-refractivity contribution in [1.82, 2.24) is 19.8 Å². The molecule has 0 unspecified atom stereocenters. The molecule has 12 heteroatoms. The number of carbonyl (C=O) groups is 1. The van der Waals surface area contributed by atoms with E-state index in [4.69, 9.17) is 28.9 Å². The quantitative estimate of drug-likeness (QED) is 0.203. The van der Waals surface area contributed by atoms with Crippen molar-refractivity contribution in [3.63, 3.8) is 0 Å². The first-order valence-electron chi connectivity index (χ1n) is 16.3. The molecule has 4 aromatic rings. The van der Waals surface area contributed by atoms with E-state index >= 15 is 4.39 Å². The van der Waals surface area contributed by atoms with Crippen LogP contribution < -0.4 is 19.3 Å². The summed E-state index contributed by atoms with van der Waals surface area (Å²) in [5, 5.41) is 1.28. The summed E-state index contributed by atoms with van der Waals surface area (Å²) in [6.45, 7) is 6.27. The molecule has 254 valence electrons. The number of methoxy groups -OCH3 is 1. The molecule has 1 atom stereocenters. The van der Waals surface area contributed by atoms with Gasteiger partial charge in [0.15, 0.2) is 18.4 Å². The number of carbonyl (C=O) groups excluding carboxylic acids is 1. The number of fused-ring (bicyclic) bond motifs is 2. The van der Waals surface area contributed by atoms with Gasteiger partial charge in [-0.3, -0.25) is 0 Å². The van der Waals surface area contributed by atoms with Gasteiger partial charge in [-0.15, -0.1) is 0 Å². The molecule has 1 amide bonds. The van der Waals surface area contributed by atoms with Crippen LogP contribution in [0.2, 0.25) is 0 Å². The summed E-state index contributed by atoms with van der Waals surface area (Å²) in [7, 11) is 5.51. The molecule has 0 N–H and O–H groups in total. The van der Waals surface area contributed by atoms with Crippen LogP contribution >= 0.6 is 0 Å². The lowest BCUT2D eigenvalue weighted by atomic mass is 10.0. The lowest BCUT2D eigenvalue weighted by Crippen LogP contribution is -2.49. The molecule has 6 rings (SSSR count). The fourth-order valence-corrected chi connectivity index (χ4v) is 6.34. The maximum Gasteiger partial charge on any atom is 0.410 e. The number of hydrogen-bond acceptors (Lipinski definition) is 10. The van der Waals surface area contributed by atoms with E-state index in [0.717, 1.165) is 33.7 Å². The second kappa shape index (κ2) is 15.0. The number of likely N-dealkylation sites (N-methyl/N-ethyl adjacent to an activating group) is 1. The van der Waals surface area contributed by atoms with Crippen molar-refractivity contribution in [3.8, 4) is 11.8 Å². The SMILES string of the molecule is COCOc1cc(N2CCc3c(nc(O[C@H](C)CN(C)C)nc3N3CCN(C(=O)OCc4ccccc4)CC3)C2)c2ccccc2c1F. The van der Waals surface area contributed by atoms with Crippen LogP contribution in [0.3, 0.4) is 0 Å². The average Bonchev–Trinajstić information content (AvgIpc) is 3.10. The minimum Gasteiger partial charge on any atom is -0.464 e. The van der Waals surface area contributed by atoms with Gasteiger partial charge in [-0.2, -0.15) is 9.97 Å². The maximum absolute atomic E-state index is 15.4. The lowest BCUT2D eigenvalue weighted by Gasteiger charge is -2.38. The Kier molecular flexibility index (Phi) is 10.4. The van der Waals surface area contributed by atoms with E-state index in [9.17, 15) is 4.79 Å². The van der Waals surface area contributed by atoms with Crippen LogP contribution in [0.4, 0.5) is 20.7 Å². The minimum absolute atomic E-state index is 0.0576. The summed E-state index contributed by atoms with van der Waals surface area (Å²) < 4.78 is 38.0.